The minimum atomic E-state index is -4.61. The number of hydrogen-bond acceptors (Lipinski definition) is 17. The summed E-state index contributed by atoms with van der Waals surface area (Å²) in [7, 11) is -8.99. The Morgan fingerprint density at radius 1 is 0.732 bits per heavy atom. The van der Waals surface area contributed by atoms with Gasteiger partial charge in [0.05, 0.1) is 38.0 Å². The number of amides is 4. The van der Waals surface area contributed by atoms with Crippen molar-refractivity contribution in [2.24, 2.45) is 0 Å². The van der Waals surface area contributed by atoms with Gasteiger partial charge in [0.25, 0.3) is 20.0 Å². The number of nitrogens with zero attached hydrogens (tertiary/aromatic N) is 6. The minimum Gasteiger partial charge on any atom is -0.481 e. The summed E-state index contributed by atoms with van der Waals surface area (Å²) in [5, 5.41) is 3.41. The number of rotatable bonds is 13. The summed E-state index contributed by atoms with van der Waals surface area (Å²) in [6.07, 6.45) is -5.10. The predicted octanol–water partition coefficient (Wildman–Crippen LogP) is 2.39. The number of alkyl halides is 3. The van der Waals surface area contributed by atoms with E-state index in [1.807, 2.05) is 0 Å². The van der Waals surface area contributed by atoms with Crippen LogP contribution in [-0.4, -0.2) is 100 Å². The number of hydrogen-bond donors (Lipinski definition) is 4. The van der Waals surface area contributed by atoms with Crippen LogP contribution in [0.5, 0.6) is 17.8 Å². The fraction of sp³-hybridized carbons (Fsp3) is 0.310. The molecule has 1 aromatic carbocycles. The van der Waals surface area contributed by atoms with E-state index in [9.17, 15) is 48.0 Å². The van der Waals surface area contributed by atoms with Gasteiger partial charge in [0.1, 0.15) is 10.7 Å². The maximum absolute atomic E-state index is 12.5. The maximum Gasteiger partial charge on any atom is 0.389 e. The average molecular weight is 851 g/mol. The summed E-state index contributed by atoms with van der Waals surface area (Å²) < 4.78 is 129. The summed E-state index contributed by atoms with van der Waals surface area (Å²) in [4.78, 5) is 45.7. The van der Waals surface area contributed by atoms with Crippen molar-refractivity contribution in [2.45, 2.75) is 47.7 Å². The number of urea groups is 2. The number of nitrogens with one attached hydrogen (secondary N) is 4. The minimum absolute atomic E-state index is 0.0612. The first-order valence-corrected chi connectivity index (χ1v) is 20.0. The Kier molecular flexibility index (Phi) is 14.7. The van der Waals surface area contributed by atoms with Gasteiger partial charge in [-0.05, 0) is 37.1 Å². The number of anilines is 2. The van der Waals surface area contributed by atoms with Gasteiger partial charge < -0.3 is 14.2 Å². The number of aromatic nitrogens is 6. The van der Waals surface area contributed by atoms with Crippen LogP contribution in [0.3, 0.4) is 0 Å². The monoisotopic (exact) mass is 850 g/mol. The van der Waals surface area contributed by atoms with Crippen molar-refractivity contribution in [3.63, 3.8) is 0 Å². The molecule has 0 aliphatic heterocycles. The average Bonchev–Trinajstić information content (AvgIpc) is 3.13. The third-order valence-corrected chi connectivity index (χ3v) is 11.2. The highest BCUT2D eigenvalue weighted by atomic mass is 32.2. The maximum atomic E-state index is 12.5. The smallest absolute Gasteiger partial charge is 0.389 e. The van der Waals surface area contributed by atoms with Crippen molar-refractivity contribution in [2.75, 3.05) is 37.7 Å². The highest BCUT2D eigenvalue weighted by Gasteiger charge is 2.30. The molecule has 21 nitrogen and oxygen atoms in total. The van der Waals surface area contributed by atoms with Gasteiger partial charge in [-0.1, -0.05) is 25.1 Å². The lowest BCUT2D eigenvalue weighted by Crippen LogP contribution is -2.36. The van der Waals surface area contributed by atoms with Crippen molar-refractivity contribution < 1.29 is 62.2 Å². The van der Waals surface area contributed by atoms with Crippen molar-refractivity contribution in [1.29, 1.82) is 0 Å². The molecule has 0 saturated heterocycles. The molecular weight excluding hydrogens is 818 g/mol. The summed E-state index contributed by atoms with van der Waals surface area (Å²) in [5.74, 6) is -0.571. The molecular formula is C29H33F3N10O11S3. The van der Waals surface area contributed by atoms with Gasteiger partial charge in [-0.3, -0.25) is 10.6 Å². The molecule has 0 aliphatic carbocycles. The number of sulfone groups is 1. The van der Waals surface area contributed by atoms with Gasteiger partial charge in [-0.15, -0.1) is 0 Å². The molecule has 4 rings (SSSR count). The van der Waals surface area contributed by atoms with E-state index in [1.54, 1.807) is 9.44 Å². The zero-order valence-corrected chi connectivity index (χ0v) is 32.2. The standard InChI is InChI=1S/C15H16F3N5O4S.C14H17N5O7S2/c1-9-19-12(22-14(20-9)27-2)21-13(24)23-28(25,26)11-6-4-3-5-10(11)7-8-15(16,17)18;1-4-27(21,22)9-6-5-7-15-12(9)28(23,24)19-14(20)18-13-16-10(25-2)8-11(17-13)26-3/h3-6H,7-8H2,1-2H3,(H2,19,20,21,22,23,24);5-8H,4H2,1-3H3,(H2,16,17,18,19,20). The van der Waals surface area contributed by atoms with Gasteiger partial charge in [0.15, 0.2) is 14.9 Å². The van der Waals surface area contributed by atoms with E-state index in [1.165, 1.54) is 65.5 Å². The topological polar surface area (TPSA) is 290 Å². The number of carbonyl (C=O) groups is 2. The second kappa shape index (κ2) is 18.6. The predicted molar refractivity (Wildman–Crippen MR) is 188 cm³/mol. The van der Waals surface area contributed by atoms with E-state index in [-0.39, 0.29) is 46.8 Å². The molecule has 3 heterocycles. The van der Waals surface area contributed by atoms with Gasteiger partial charge in [-0.25, -0.2) is 40.9 Å². The van der Waals surface area contributed by atoms with Gasteiger partial charge in [0.2, 0.25) is 23.7 Å². The Morgan fingerprint density at radius 3 is 1.84 bits per heavy atom. The molecule has 0 radical (unpaired) electrons. The van der Waals surface area contributed by atoms with Crippen LogP contribution in [0.4, 0.5) is 34.7 Å². The van der Waals surface area contributed by atoms with Crippen LogP contribution in [0.2, 0.25) is 0 Å². The van der Waals surface area contributed by atoms with Crippen molar-refractivity contribution in [3.05, 3.63) is 60.0 Å². The SMILES string of the molecule is CCS(=O)(=O)c1cccnc1S(=O)(=O)NC(=O)Nc1nc(OC)cc(OC)n1.COc1nc(C)nc(NC(=O)NS(=O)(=O)c2ccccc2CCC(F)(F)F)n1. The molecule has 0 unspecified atom stereocenters. The third kappa shape index (κ3) is 12.8. The molecule has 304 valence electrons. The van der Waals surface area contributed by atoms with E-state index in [4.69, 9.17) is 14.2 Å². The lowest BCUT2D eigenvalue weighted by molar-refractivity contribution is -0.134. The van der Waals surface area contributed by atoms with E-state index in [2.05, 4.69) is 40.5 Å². The van der Waals surface area contributed by atoms with E-state index >= 15 is 0 Å². The molecule has 0 saturated carbocycles. The molecule has 4 amide bonds. The summed E-state index contributed by atoms with van der Waals surface area (Å²) in [6, 6.07) is 6.29. The van der Waals surface area contributed by atoms with Gasteiger partial charge in [-0.2, -0.15) is 46.5 Å². The number of halogens is 3. The fourth-order valence-corrected chi connectivity index (χ4v) is 7.82. The molecule has 0 spiro atoms. The first-order valence-electron chi connectivity index (χ1n) is 15.4. The van der Waals surface area contributed by atoms with E-state index in [0.717, 1.165) is 18.3 Å². The highest BCUT2D eigenvalue weighted by molar-refractivity contribution is 7.93. The molecule has 0 aliphatic rings. The lowest BCUT2D eigenvalue weighted by atomic mass is 10.1. The van der Waals surface area contributed by atoms with Crippen molar-refractivity contribution >= 4 is 53.8 Å². The largest absolute Gasteiger partial charge is 0.481 e. The molecule has 3 aromatic heterocycles. The number of benzene rings is 1. The normalized spacial score (nSPS) is 11.6. The first kappa shape index (κ1) is 44.4. The van der Waals surface area contributed by atoms with E-state index < -0.39 is 75.8 Å². The van der Waals surface area contributed by atoms with Gasteiger partial charge in [0, 0.05) is 12.6 Å². The van der Waals surface area contributed by atoms with Crippen LogP contribution in [0.15, 0.2) is 63.5 Å². The lowest BCUT2D eigenvalue weighted by Gasteiger charge is -2.13. The summed E-state index contributed by atoms with van der Waals surface area (Å²) in [6.45, 7) is 2.85. The van der Waals surface area contributed by atoms with Crippen LogP contribution in [0, 0.1) is 6.92 Å². The number of aryl methyl sites for hydroxylation is 2. The zero-order chi connectivity index (χ0) is 41.9. The fourth-order valence-electron chi connectivity index (χ4n) is 4.09. The molecule has 4 N–H and O–H groups in total. The zero-order valence-electron chi connectivity index (χ0n) is 29.8. The Bertz CT molecular complexity index is 2370. The Hall–Kier alpha value is -5.96. The molecule has 56 heavy (non-hydrogen) atoms. The van der Waals surface area contributed by atoms with Crippen LogP contribution in [-0.2, 0) is 36.3 Å². The third-order valence-electron chi connectivity index (χ3n) is 6.56. The van der Waals surface area contributed by atoms with Crippen LogP contribution < -0.4 is 34.3 Å². The Morgan fingerprint density at radius 2 is 1.29 bits per heavy atom. The second-order valence-corrected chi connectivity index (χ2v) is 16.0. The van der Waals surface area contributed by atoms with E-state index in [0.29, 0.717) is 0 Å². The van der Waals surface area contributed by atoms with Crippen LogP contribution >= 0.6 is 0 Å². The molecule has 0 atom stereocenters. The number of sulfonamides is 2. The van der Waals surface area contributed by atoms with Gasteiger partial charge >= 0.3 is 24.2 Å². The number of ether oxygens (including phenoxy) is 3. The number of pyridine rings is 1. The molecule has 0 bridgehead atoms. The quantitative estimate of drug-likeness (QED) is 0.150. The number of carbonyl (C=O) groups excluding carboxylic acids is 2. The highest BCUT2D eigenvalue weighted by Crippen LogP contribution is 2.25. The second-order valence-electron chi connectivity index (χ2n) is 10.5. The van der Waals surface area contributed by atoms with Crippen LogP contribution in [0.1, 0.15) is 24.7 Å². The van der Waals surface area contributed by atoms with Crippen molar-refractivity contribution in [1.82, 2.24) is 39.3 Å². The van der Waals surface area contributed by atoms with Crippen molar-refractivity contribution in [3.8, 4) is 17.8 Å². The molecule has 4 aromatic rings. The summed E-state index contributed by atoms with van der Waals surface area (Å²) >= 11 is 0. The van der Waals surface area contributed by atoms with Crippen LogP contribution in [0.25, 0.3) is 0 Å². The molecule has 0 fully saturated rings. The number of methoxy groups -OCH3 is 3. The molecule has 27 heteroatoms. The Balaban J connectivity index is 0.000000300. The Labute approximate surface area is 317 Å². The summed E-state index contributed by atoms with van der Waals surface area (Å²) in [5.41, 5.74) is -0.0715. The first-order chi connectivity index (χ1) is 26.1.